The monoisotopic (exact) mass is 320 g/mol. The fourth-order valence-corrected chi connectivity index (χ4v) is 3.24. The first-order chi connectivity index (χ1) is 11.7. The average molecular weight is 320 g/mol. The summed E-state index contributed by atoms with van der Waals surface area (Å²) in [7, 11) is 0. The number of fused-ring (bicyclic) bond motifs is 2. The number of aromatic amines is 1. The molecule has 0 bridgehead atoms. The fraction of sp³-hybridized carbons (Fsp3) is 0.250. The highest BCUT2D eigenvalue weighted by Gasteiger charge is 2.19. The predicted molar refractivity (Wildman–Crippen MR) is 94.9 cm³/mol. The molecular formula is C20H20N2O2. The Bertz CT molecular complexity index is 898. The van der Waals surface area contributed by atoms with Gasteiger partial charge in [0.25, 0.3) is 0 Å². The number of carbonyl (C=O) groups is 1. The molecule has 1 amide bonds. The molecule has 0 unspecified atom stereocenters. The average Bonchev–Trinajstić information content (AvgIpc) is 2.98. The van der Waals surface area contributed by atoms with Gasteiger partial charge in [-0.2, -0.15) is 0 Å². The van der Waals surface area contributed by atoms with E-state index < -0.39 is 0 Å². The fourth-order valence-electron chi connectivity index (χ4n) is 3.24. The Hall–Kier alpha value is -2.75. The van der Waals surface area contributed by atoms with Crippen molar-refractivity contribution in [3.05, 3.63) is 54.2 Å². The number of carbonyl (C=O) groups excluding carboxylic acids is 1. The summed E-state index contributed by atoms with van der Waals surface area (Å²) in [5.41, 5.74) is 4.52. The van der Waals surface area contributed by atoms with Gasteiger partial charge < -0.3 is 14.6 Å². The molecule has 1 aliphatic heterocycles. The Morgan fingerprint density at radius 2 is 2.00 bits per heavy atom. The molecule has 0 saturated heterocycles. The van der Waals surface area contributed by atoms with Crippen molar-refractivity contribution < 1.29 is 9.53 Å². The lowest BCUT2D eigenvalue weighted by Crippen LogP contribution is -2.31. The van der Waals surface area contributed by atoms with Crippen LogP contribution < -0.4 is 4.74 Å². The second-order valence-corrected chi connectivity index (χ2v) is 6.12. The standard InChI is InChI=1S/C20H20N2O2/c1-2-20(23)22-9-10-24-19-6-4-15(12-17(19)13-22)14-3-5-18-16(11-14)7-8-21-18/h3-8,11-12,21H,2,9-10,13H2,1H3. The second-order valence-electron chi connectivity index (χ2n) is 6.12. The van der Waals surface area contributed by atoms with Crippen molar-refractivity contribution in [3.63, 3.8) is 0 Å². The number of nitrogens with zero attached hydrogens (tertiary/aromatic N) is 1. The lowest BCUT2D eigenvalue weighted by Gasteiger charge is -2.19. The van der Waals surface area contributed by atoms with Gasteiger partial charge in [0.1, 0.15) is 12.4 Å². The van der Waals surface area contributed by atoms with E-state index in [0.717, 1.165) is 22.4 Å². The van der Waals surface area contributed by atoms with E-state index in [4.69, 9.17) is 4.74 Å². The molecule has 0 aliphatic carbocycles. The smallest absolute Gasteiger partial charge is 0.222 e. The SMILES string of the molecule is CCC(=O)N1CCOc2ccc(-c3ccc4[nH]ccc4c3)cc2C1. The maximum absolute atomic E-state index is 12.1. The molecule has 2 heterocycles. The van der Waals surface area contributed by atoms with E-state index in [1.807, 2.05) is 24.1 Å². The minimum Gasteiger partial charge on any atom is -0.491 e. The van der Waals surface area contributed by atoms with Crippen molar-refractivity contribution in [2.45, 2.75) is 19.9 Å². The first-order valence-corrected chi connectivity index (χ1v) is 8.35. The zero-order chi connectivity index (χ0) is 16.5. The maximum atomic E-state index is 12.1. The number of nitrogens with one attached hydrogen (secondary N) is 1. The van der Waals surface area contributed by atoms with Gasteiger partial charge >= 0.3 is 0 Å². The zero-order valence-electron chi connectivity index (χ0n) is 13.7. The molecule has 24 heavy (non-hydrogen) atoms. The van der Waals surface area contributed by atoms with E-state index in [-0.39, 0.29) is 5.91 Å². The van der Waals surface area contributed by atoms with Crippen LogP contribution >= 0.6 is 0 Å². The zero-order valence-corrected chi connectivity index (χ0v) is 13.7. The normalized spacial score (nSPS) is 14.1. The number of H-pyrrole nitrogens is 1. The van der Waals surface area contributed by atoms with Gasteiger partial charge in [-0.1, -0.05) is 19.1 Å². The molecule has 122 valence electrons. The van der Waals surface area contributed by atoms with Crippen molar-refractivity contribution in [1.29, 1.82) is 0 Å². The van der Waals surface area contributed by atoms with Crippen LogP contribution in [-0.4, -0.2) is 28.9 Å². The third-order valence-corrected chi connectivity index (χ3v) is 4.58. The summed E-state index contributed by atoms with van der Waals surface area (Å²) in [6.07, 6.45) is 2.48. The molecule has 1 aromatic heterocycles. The third-order valence-electron chi connectivity index (χ3n) is 4.58. The third kappa shape index (κ3) is 2.64. The minimum absolute atomic E-state index is 0.172. The Kier molecular flexibility index (Phi) is 3.73. The van der Waals surface area contributed by atoms with Crippen molar-refractivity contribution in [2.24, 2.45) is 0 Å². The van der Waals surface area contributed by atoms with Crippen LogP contribution in [0.2, 0.25) is 0 Å². The lowest BCUT2D eigenvalue weighted by molar-refractivity contribution is -0.131. The summed E-state index contributed by atoms with van der Waals surface area (Å²) >= 11 is 0. The van der Waals surface area contributed by atoms with Gasteiger partial charge in [-0.25, -0.2) is 0 Å². The van der Waals surface area contributed by atoms with Crippen LogP contribution in [0.3, 0.4) is 0 Å². The molecule has 4 heteroatoms. The van der Waals surface area contributed by atoms with Gasteiger partial charge in [0.15, 0.2) is 0 Å². The molecule has 1 aliphatic rings. The maximum Gasteiger partial charge on any atom is 0.222 e. The summed E-state index contributed by atoms with van der Waals surface area (Å²) < 4.78 is 5.82. The number of hydrogen-bond donors (Lipinski definition) is 1. The van der Waals surface area contributed by atoms with E-state index in [0.29, 0.717) is 26.1 Å². The first-order valence-electron chi connectivity index (χ1n) is 8.35. The highest BCUT2D eigenvalue weighted by Crippen LogP contribution is 2.30. The molecule has 1 N–H and O–H groups in total. The van der Waals surface area contributed by atoms with E-state index in [2.05, 4.69) is 41.4 Å². The molecule has 0 atom stereocenters. The molecule has 4 rings (SSSR count). The van der Waals surface area contributed by atoms with Gasteiger partial charge in [0.2, 0.25) is 5.91 Å². The van der Waals surface area contributed by atoms with Crippen molar-refractivity contribution in [3.8, 4) is 16.9 Å². The molecule has 0 radical (unpaired) electrons. The van der Waals surface area contributed by atoms with Crippen molar-refractivity contribution in [1.82, 2.24) is 9.88 Å². The van der Waals surface area contributed by atoms with E-state index >= 15 is 0 Å². The molecule has 0 spiro atoms. The van der Waals surface area contributed by atoms with Gasteiger partial charge in [-0.05, 0) is 46.8 Å². The largest absolute Gasteiger partial charge is 0.491 e. The Labute approximate surface area is 141 Å². The number of hydrogen-bond acceptors (Lipinski definition) is 2. The Morgan fingerprint density at radius 3 is 2.88 bits per heavy atom. The Balaban J connectivity index is 1.71. The second kappa shape index (κ2) is 6.04. The molecule has 2 aromatic carbocycles. The van der Waals surface area contributed by atoms with Crippen LogP contribution in [-0.2, 0) is 11.3 Å². The molecule has 0 fully saturated rings. The van der Waals surface area contributed by atoms with E-state index in [1.54, 1.807) is 0 Å². The summed E-state index contributed by atoms with van der Waals surface area (Å²) in [6, 6.07) is 14.7. The van der Waals surface area contributed by atoms with E-state index in [9.17, 15) is 4.79 Å². The number of aromatic nitrogens is 1. The summed E-state index contributed by atoms with van der Waals surface area (Å²) in [5.74, 6) is 1.05. The van der Waals surface area contributed by atoms with Crippen LogP contribution in [0.1, 0.15) is 18.9 Å². The first kappa shape index (κ1) is 14.8. The Morgan fingerprint density at radius 1 is 1.17 bits per heavy atom. The van der Waals surface area contributed by atoms with Crippen LogP contribution in [0.25, 0.3) is 22.0 Å². The lowest BCUT2D eigenvalue weighted by atomic mass is 10.0. The number of amides is 1. The molecule has 0 saturated carbocycles. The number of benzene rings is 2. The molecule has 3 aromatic rings. The molecule has 4 nitrogen and oxygen atoms in total. The topological polar surface area (TPSA) is 45.3 Å². The van der Waals surface area contributed by atoms with Crippen LogP contribution in [0, 0.1) is 0 Å². The van der Waals surface area contributed by atoms with E-state index in [1.165, 1.54) is 10.9 Å². The quantitative estimate of drug-likeness (QED) is 0.776. The van der Waals surface area contributed by atoms with Gasteiger partial charge in [-0.3, -0.25) is 4.79 Å². The van der Waals surface area contributed by atoms with Crippen LogP contribution in [0.4, 0.5) is 0 Å². The van der Waals surface area contributed by atoms with Gasteiger partial charge in [0, 0.05) is 30.2 Å². The predicted octanol–water partition coefficient (Wildman–Crippen LogP) is 3.97. The highest BCUT2D eigenvalue weighted by atomic mass is 16.5. The minimum atomic E-state index is 0.172. The summed E-state index contributed by atoms with van der Waals surface area (Å²) in [4.78, 5) is 17.2. The van der Waals surface area contributed by atoms with Crippen molar-refractivity contribution in [2.75, 3.05) is 13.2 Å². The highest BCUT2D eigenvalue weighted by molar-refractivity contribution is 5.85. The van der Waals surface area contributed by atoms with Crippen LogP contribution in [0.5, 0.6) is 5.75 Å². The summed E-state index contributed by atoms with van der Waals surface area (Å²) in [6.45, 7) is 3.71. The molecular weight excluding hydrogens is 300 g/mol. The number of ether oxygens (including phenoxy) is 1. The number of rotatable bonds is 2. The summed E-state index contributed by atoms with van der Waals surface area (Å²) in [5, 5.41) is 1.20. The van der Waals surface area contributed by atoms with Crippen molar-refractivity contribution >= 4 is 16.8 Å². The van der Waals surface area contributed by atoms with Gasteiger partial charge in [-0.15, -0.1) is 0 Å². The van der Waals surface area contributed by atoms with Crippen LogP contribution in [0.15, 0.2) is 48.7 Å². The van der Waals surface area contributed by atoms with Gasteiger partial charge in [0.05, 0.1) is 6.54 Å².